The standard InChI is InChI=1S/C20H22Cl2N4O3SSe/c1-3-24-8-9-31-19(24)5-4-13-6-7-25-16-10-14(21)15(22)11-17(16)26(20(13)25)12-18(27)23-30(2,28)29/h4-5,10-11H,3,6-9,12H2,1-2H3/p+1. The quantitative estimate of drug-likeness (QED) is 0.460. The van der Waals surface area contributed by atoms with Gasteiger partial charge in [0.05, 0.1) is 0 Å². The summed E-state index contributed by atoms with van der Waals surface area (Å²) in [6.45, 7) is 4.89. The van der Waals surface area contributed by atoms with Crippen molar-refractivity contribution in [3.05, 3.63) is 44.7 Å². The van der Waals surface area contributed by atoms with Crippen LogP contribution in [0.4, 0.5) is 0 Å². The molecule has 3 heterocycles. The average Bonchev–Trinajstić information content (AvgIpc) is 3.36. The second-order valence-corrected chi connectivity index (χ2v) is 12.4. The number of hydrogen-bond acceptors (Lipinski definition) is 4. The number of halogens is 2. The third-order valence-corrected chi connectivity index (χ3v) is 8.91. The van der Waals surface area contributed by atoms with Crippen LogP contribution in [-0.2, 0) is 27.9 Å². The van der Waals surface area contributed by atoms with Crippen LogP contribution >= 0.6 is 23.2 Å². The number of allylic oxidation sites excluding steroid dienone is 3. The van der Waals surface area contributed by atoms with Gasteiger partial charge in [-0.05, 0) is 0 Å². The Morgan fingerprint density at radius 1 is 1.26 bits per heavy atom. The molecule has 1 amide bonds. The number of amides is 1. The Balaban J connectivity index is 1.81. The van der Waals surface area contributed by atoms with E-state index in [9.17, 15) is 13.2 Å². The van der Waals surface area contributed by atoms with Gasteiger partial charge in [0.15, 0.2) is 0 Å². The maximum absolute atomic E-state index is 12.5. The molecule has 2 aromatic rings. The van der Waals surface area contributed by atoms with Gasteiger partial charge in [-0.2, -0.15) is 0 Å². The Labute approximate surface area is 197 Å². The molecule has 2 aliphatic rings. The number of aryl methyl sites for hydroxylation is 1. The number of hydrogen-bond donors (Lipinski definition) is 1. The number of aromatic nitrogens is 2. The van der Waals surface area contributed by atoms with E-state index in [2.05, 4.69) is 33.3 Å². The van der Waals surface area contributed by atoms with E-state index in [4.69, 9.17) is 23.2 Å². The van der Waals surface area contributed by atoms with Crippen LogP contribution in [0.3, 0.4) is 0 Å². The molecule has 1 aromatic heterocycles. The summed E-state index contributed by atoms with van der Waals surface area (Å²) >= 11 is 13.0. The van der Waals surface area contributed by atoms with Gasteiger partial charge in [-0.15, -0.1) is 0 Å². The van der Waals surface area contributed by atoms with Crippen LogP contribution in [0, 0.1) is 0 Å². The summed E-state index contributed by atoms with van der Waals surface area (Å²) < 4.78 is 30.4. The summed E-state index contributed by atoms with van der Waals surface area (Å²) in [5.41, 5.74) is 2.71. The molecule has 0 saturated carbocycles. The van der Waals surface area contributed by atoms with Crippen molar-refractivity contribution in [2.75, 3.05) is 19.3 Å². The van der Waals surface area contributed by atoms with Crippen LogP contribution < -0.4 is 9.29 Å². The van der Waals surface area contributed by atoms with Crippen molar-refractivity contribution < 1.29 is 17.8 Å². The molecule has 7 nitrogen and oxygen atoms in total. The molecule has 1 saturated heterocycles. The number of rotatable bonds is 5. The van der Waals surface area contributed by atoms with Crippen LogP contribution in [0.5, 0.6) is 0 Å². The number of carbonyl (C=O) groups excluding carboxylic acids is 1. The SMILES string of the molecule is CCN1CC[Se]C1=CC=C1CCn2c1[n+](CC(=O)NS(C)(=O)=O)c1cc(Cl)c(Cl)cc12. The Hall–Kier alpha value is -1.51. The van der Waals surface area contributed by atoms with E-state index in [-0.39, 0.29) is 6.54 Å². The second-order valence-electron chi connectivity index (χ2n) is 7.49. The Morgan fingerprint density at radius 3 is 2.71 bits per heavy atom. The first kappa shape index (κ1) is 22.7. The molecule has 31 heavy (non-hydrogen) atoms. The van der Waals surface area contributed by atoms with Gasteiger partial charge in [-0.1, -0.05) is 0 Å². The number of nitrogens with zero attached hydrogens (tertiary/aromatic N) is 3. The number of carbonyl (C=O) groups is 1. The van der Waals surface area contributed by atoms with E-state index in [1.54, 1.807) is 12.1 Å². The third-order valence-electron chi connectivity index (χ3n) is 5.33. The zero-order valence-electron chi connectivity index (χ0n) is 17.2. The van der Waals surface area contributed by atoms with Gasteiger partial charge in [0.1, 0.15) is 0 Å². The van der Waals surface area contributed by atoms with Crippen molar-refractivity contribution in [3.63, 3.8) is 0 Å². The fraction of sp³-hybridized carbons (Fsp3) is 0.400. The molecule has 1 fully saturated rings. The molecule has 0 bridgehead atoms. The molecule has 4 rings (SSSR count). The van der Waals surface area contributed by atoms with Crippen molar-refractivity contribution in [3.8, 4) is 0 Å². The van der Waals surface area contributed by atoms with Crippen molar-refractivity contribution in [1.29, 1.82) is 0 Å². The summed E-state index contributed by atoms with van der Waals surface area (Å²) in [7, 11) is -3.65. The van der Waals surface area contributed by atoms with Crippen molar-refractivity contribution in [2.45, 2.75) is 31.8 Å². The van der Waals surface area contributed by atoms with Crippen molar-refractivity contribution in [1.82, 2.24) is 14.2 Å². The summed E-state index contributed by atoms with van der Waals surface area (Å²) in [4.78, 5) is 14.9. The van der Waals surface area contributed by atoms with Crippen LogP contribution in [0.25, 0.3) is 16.6 Å². The fourth-order valence-corrected chi connectivity index (χ4v) is 7.13. The molecule has 0 atom stereocenters. The molecule has 166 valence electrons. The summed E-state index contributed by atoms with van der Waals surface area (Å²) in [6.07, 6.45) is 6.12. The Bertz CT molecular complexity index is 1240. The van der Waals surface area contributed by atoms with E-state index in [1.165, 1.54) is 9.91 Å². The van der Waals surface area contributed by atoms with Crippen LogP contribution in [-0.4, -0.2) is 58.1 Å². The first-order chi connectivity index (χ1) is 14.7. The van der Waals surface area contributed by atoms with Gasteiger partial charge in [0, 0.05) is 0 Å². The second kappa shape index (κ2) is 8.79. The van der Waals surface area contributed by atoms with Gasteiger partial charge < -0.3 is 0 Å². The zero-order chi connectivity index (χ0) is 22.3. The molecular formula is C20H23Cl2N4O3SSe+. The average molecular weight is 549 g/mol. The maximum atomic E-state index is 12.5. The first-order valence-corrected chi connectivity index (χ1v) is 14.6. The molecule has 11 heteroatoms. The molecular weight excluding hydrogens is 526 g/mol. The van der Waals surface area contributed by atoms with Gasteiger partial charge >= 0.3 is 199 Å². The van der Waals surface area contributed by atoms with Crippen LogP contribution in [0.15, 0.2) is 28.9 Å². The number of imidazole rings is 1. The van der Waals surface area contributed by atoms with E-state index in [0.29, 0.717) is 25.0 Å². The minimum absolute atomic E-state index is 0.136. The molecule has 0 spiro atoms. The van der Waals surface area contributed by atoms with E-state index in [1.807, 2.05) is 4.57 Å². The summed E-state index contributed by atoms with van der Waals surface area (Å²) in [6, 6.07) is 3.53. The van der Waals surface area contributed by atoms with Crippen molar-refractivity contribution in [2.24, 2.45) is 0 Å². The monoisotopic (exact) mass is 549 g/mol. The zero-order valence-corrected chi connectivity index (χ0v) is 21.2. The predicted octanol–water partition coefficient (Wildman–Crippen LogP) is 2.40. The molecule has 1 aromatic carbocycles. The van der Waals surface area contributed by atoms with Crippen LogP contribution in [0.1, 0.15) is 19.2 Å². The molecule has 0 aliphatic carbocycles. The van der Waals surface area contributed by atoms with Gasteiger partial charge in [0.25, 0.3) is 0 Å². The molecule has 1 N–H and O–H groups in total. The van der Waals surface area contributed by atoms with Crippen LogP contribution in [0.2, 0.25) is 15.4 Å². The van der Waals surface area contributed by atoms with E-state index in [0.717, 1.165) is 54.7 Å². The molecule has 0 radical (unpaired) electrons. The van der Waals surface area contributed by atoms with Gasteiger partial charge in [-0.3, -0.25) is 0 Å². The van der Waals surface area contributed by atoms with E-state index < -0.39 is 15.9 Å². The Morgan fingerprint density at radius 2 is 2.00 bits per heavy atom. The summed E-state index contributed by atoms with van der Waals surface area (Å²) in [5, 5.41) is 2.04. The predicted molar refractivity (Wildman–Crippen MR) is 124 cm³/mol. The first-order valence-electron chi connectivity index (χ1n) is 9.88. The Kier molecular flexibility index (Phi) is 6.43. The van der Waals surface area contributed by atoms with Gasteiger partial charge in [-0.25, -0.2) is 0 Å². The minimum atomic E-state index is -3.65. The normalized spacial score (nSPS) is 19.0. The molecule has 0 unspecified atom stereocenters. The topological polar surface area (TPSA) is 75.3 Å². The third kappa shape index (κ3) is 4.66. The number of nitrogens with one attached hydrogen (secondary N) is 1. The van der Waals surface area contributed by atoms with E-state index >= 15 is 0 Å². The van der Waals surface area contributed by atoms with Crippen molar-refractivity contribution >= 4 is 70.7 Å². The number of sulfonamides is 1. The number of benzene rings is 1. The number of fused-ring (bicyclic) bond motifs is 3. The summed E-state index contributed by atoms with van der Waals surface area (Å²) in [5.74, 6) is 0.275. The fourth-order valence-electron chi connectivity index (χ4n) is 4.05. The molecule has 2 aliphatic heterocycles. The van der Waals surface area contributed by atoms with Gasteiger partial charge in [0.2, 0.25) is 0 Å².